The van der Waals surface area contributed by atoms with Crippen LogP contribution in [-0.4, -0.2) is 40.3 Å². The lowest BCUT2D eigenvalue weighted by atomic mass is 10.0. The van der Waals surface area contributed by atoms with Crippen LogP contribution < -0.4 is 5.32 Å². The topological polar surface area (TPSA) is 72.5 Å². The van der Waals surface area contributed by atoms with E-state index in [1.165, 1.54) is 25.1 Å². The number of amides is 1. The largest absolute Gasteiger partial charge is 0.459 e. The molecule has 1 aliphatic heterocycles. The van der Waals surface area contributed by atoms with Crippen LogP contribution in [0.3, 0.4) is 0 Å². The third-order valence-electron chi connectivity index (χ3n) is 4.81. The Kier molecular flexibility index (Phi) is 11.2. The summed E-state index contributed by atoms with van der Waals surface area (Å²) in [5.74, 6) is 1.12. The molecule has 1 amide bonds. The molecule has 0 spiro atoms. The maximum atomic E-state index is 12.9. The molecule has 0 bridgehead atoms. The summed E-state index contributed by atoms with van der Waals surface area (Å²) in [5, 5.41) is 2.92. The second-order valence-corrected chi connectivity index (χ2v) is 9.63. The van der Waals surface area contributed by atoms with Crippen molar-refractivity contribution in [1.29, 1.82) is 0 Å². The lowest BCUT2D eigenvalue weighted by Gasteiger charge is -2.21. The molecule has 1 aliphatic rings. The smallest absolute Gasteiger partial charge is 0.329 e. The highest BCUT2D eigenvalue weighted by molar-refractivity contribution is 8.13. The summed E-state index contributed by atoms with van der Waals surface area (Å²) in [5.41, 5.74) is 0.917. The average molecular weight is 438 g/mol. The Morgan fingerprint density at radius 2 is 1.86 bits per heavy atom. The quantitative estimate of drug-likeness (QED) is 0.696. The molecule has 29 heavy (non-hydrogen) atoms. The fraction of sp³-hybridized carbons (Fsp3) is 0.591. The molecular weight excluding hydrogens is 406 g/mol. The summed E-state index contributed by atoms with van der Waals surface area (Å²) in [6.07, 6.45) is 6.26. The molecule has 1 aromatic carbocycles. The van der Waals surface area contributed by atoms with Gasteiger partial charge in [0.05, 0.1) is 0 Å². The molecule has 2 rings (SSSR count). The third kappa shape index (κ3) is 9.72. The molecule has 0 saturated carbocycles. The van der Waals surface area contributed by atoms with Crippen LogP contribution in [-0.2, 0) is 25.7 Å². The van der Waals surface area contributed by atoms with Gasteiger partial charge in [-0.1, -0.05) is 67.8 Å². The summed E-state index contributed by atoms with van der Waals surface area (Å²) >= 11 is 2.86. The second kappa shape index (κ2) is 13.7. The van der Waals surface area contributed by atoms with Crippen molar-refractivity contribution in [2.45, 2.75) is 58.1 Å². The summed E-state index contributed by atoms with van der Waals surface area (Å²) in [7, 11) is 0. The van der Waals surface area contributed by atoms with Crippen LogP contribution in [0.1, 0.15) is 51.0 Å². The van der Waals surface area contributed by atoms with Crippen molar-refractivity contribution in [3.05, 3.63) is 35.9 Å². The Hall–Kier alpha value is -1.47. The van der Waals surface area contributed by atoms with Gasteiger partial charge in [-0.15, -0.1) is 0 Å². The van der Waals surface area contributed by atoms with Gasteiger partial charge in [0.1, 0.15) is 12.6 Å². The molecule has 0 radical (unpaired) electrons. The van der Waals surface area contributed by atoms with E-state index in [1.807, 2.05) is 30.3 Å². The highest BCUT2D eigenvalue weighted by Gasteiger charge is 2.27. The summed E-state index contributed by atoms with van der Waals surface area (Å²) in [4.78, 5) is 36.9. The Balaban J connectivity index is 2.00. The van der Waals surface area contributed by atoms with E-state index in [0.29, 0.717) is 11.5 Å². The minimum Gasteiger partial charge on any atom is -0.459 e. The number of rotatable bonds is 5. The highest BCUT2D eigenvalue weighted by Crippen LogP contribution is 2.20. The SMILES string of the molecule is CC(=O)SCC1CCCCCCCSC[C@@H](C(=O)OCc2ccccc2)NC1=O. The number of hydrogen-bond acceptors (Lipinski definition) is 6. The summed E-state index contributed by atoms with van der Waals surface area (Å²) in [6, 6.07) is 8.85. The lowest BCUT2D eigenvalue weighted by molar-refractivity contribution is -0.148. The van der Waals surface area contributed by atoms with Crippen molar-refractivity contribution >= 4 is 40.5 Å². The van der Waals surface area contributed by atoms with E-state index in [0.717, 1.165) is 43.4 Å². The fourth-order valence-corrected chi connectivity index (χ4v) is 4.91. The first-order valence-electron chi connectivity index (χ1n) is 10.3. The standard InChI is InChI=1S/C22H31NO4S2/c1-17(24)29-15-19-12-8-3-2-4-9-13-28-16-20(23-21(19)25)22(26)27-14-18-10-6-5-7-11-18/h5-7,10-11,19-20H,2-4,8-9,12-16H2,1H3,(H,23,25)/t19?,20-/m0/s1. The molecule has 5 nitrogen and oxygen atoms in total. The minimum atomic E-state index is -0.665. The minimum absolute atomic E-state index is 0.00935. The predicted octanol–water partition coefficient (Wildman–Crippen LogP) is 4.20. The van der Waals surface area contributed by atoms with Gasteiger partial charge in [-0.25, -0.2) is 4.79 Å². The molecule has 1 heterocycles. The van der Waals surface area contributed by atoms with Crippen molar-refractivity contribution < 1.29 is 19.1 Å². The van der Waals surface area contributed by atoms with Crippen molar-refractivity contribution in [2.75, 3.05) is 17.3 Å². The van der Waals surface area contributed by atoms with Crippen LogP contribution in [0, 0.1) is 5.92 Å². The summed E-state index contributed by atoms with van der Waals surface area (Å²) < 4.78 is 5.47. The Labute approximate surface area is 182 Å². The molecule has 1 aromatic rings. The number of esters is 1. The van der Waals surface area contributed by atoms with Gasteiger partial charge in [-0.3, -0.25) is 9.59 Å². The number of carbonyl (C=O) groups is 3. The number of carbonyl (C=O) groups excluding carboxylic acids is 3. The Morgan fingerprint density at radius 1 is 1.14 bits per heavy atom. The molecule has 1 fully saturated rings. The number of nitrogens with one attached hydrogen (secondary N) is 1. The fourth-order valence-electron chi connectivity index (χ4n) is 3.12. The average Bonchev–Trinajstić information content (AvgIpc) is 2.73. The highest BCUT2D eigenvalue weighted by atomic mass is 32.2. The normalized spacial score (nSPS) is 21.8. The first kappa shape index (κ1) is 23.8. The van der Waals surface area contributed by atoms with Crippen molar-refractivity contribution in [1.82, 2.24) is 5.32 Å². The van der Waals surface area contributed by atoms with Crippen molar-refractivity contribution in [3.8, 4) is 0 Å². The van der Waals surface area contributed by atoms with Gasteiger partial charge in [0.15, 0.2) is 5.12 Å². The molecule has 1 N–H and O–H groups in total. The first-order chi connectivity index (χ1) is 14.1. The predicted molar refractivity (Wildman–Crippen MR) is 120 cm³/mol. The molecule has 160 valence electrons. The molecule has 0 aliphatic carbocycles. The van der Waals surface area contributed by atoms with E-state index in [1.54, 1.807) is 11.8 Å². The zero-order valence-corrected chi connectivity index (χ0v) is 18.7. The van der Waals surface area contributed by atoms with Gasteiger partial charge < -0.3 is 10.1 Å². The van der Waals surface area contributed by atoms with Crippen LogP contribution >= 0.6 is 23.5 Å². The van der Waals surface area contributed by atoms with Gasteiger partial charge >= 0.3 is 5.97 Å². The van der Waals surface area contributed by atoms with Crippen molar-refractivity contribution in [2.24, 2.45) is 5.92 Å². The van der Waals surface area contributed by atoms with Gasteiger partial charge in [-0.05, 0) is 24.2 Å². The molecule has 2 atom stereocenters. The maximum absolute atomic E-state index is 12.9. The van der Waals surface area contributed by atoms with Crippen LogP contribution in [0.15, 0.2) is 30.3 Å². The van der Waals surface area contributed by atoms with Gasteiger partial charge in [0, 0.05) is 24.3 Å². The number of thioether (sulfide) groups is 2. The van der Waals surface area contributed by atoms with E-state index in [-0.39, 0.29) is 23.5 Å². The van der Waals surface area contributed by atoms with E-state index < -0.39 is 12.0 Å². The van der Waals surface area contributed by atoms with Crippen LogP contribution in [0.4, 0.5) is 0 Å². The molecule has 1 unspecified atom stereocenters. The van der Waals surface area contributed by atoms with Gasteiger partial charge in [0.2, 0.25) is 5.91 Å². The van der Waals surface area contributed by atoms with Gasteiger partial charge in [0.25, 0.3) is 0 Å². The van der Waals surface area contributed by atoms with Gasteiger partial charge in [-0.2, -0.15) is 11.8 Å². The molecular formula is C22H31NO4S2. The molecule has 7 heteroatoms. The number of hydrogen-bond donors (Lipinski definition) is 1. The van der Waals surface area contributed by atoms with Crippen LogP contribution in [0.25, 0.3) is 0 Å². The Bertz CT molecular complexity index is 653. The lowest BCUT2D eigenvalue weighted by Crippen LogP contribution is -2.46. The maximum Gasteiger partial charge on any atom is 0.329 e. The first-order valence-corrected chi connectivity index (χ1v) is 12.4. The molecule has 1 saturated heterocycles. The monoisotopic (exact) mass is 437 g/mol. The van der Waals surface area contributed by atoms with E-state index in [9.17, 15) is 14.4 Å². The van der Waals surface area contributed by atoms with Crippen molar-refractivity contribution in [3.63, 3.8) is 0 Å². The van der Waals surface area contributed by atoms with Crippen LogP contribution in [0.2, 0.25) is 0 Å². The molecule has 0 aromatic heterocycles. The zero-order valence-electron chi connectivity index (χ0n) is 17.1. The van der Waals surface area contributed by atoms with E-state index in [4.69, 9.17) is 4.74 Å². The number of benzene rings is 1. The van der Waals surface area contributed by atoms with E-state index >= 15 is 0 Å². The zero-order chi connectivity index (χ0) is 20.9. The number of ether oxygens (including phenoxy) is 1. The third-order valence-corrected chi connectivity index (χ3v) is 6.93. The van der Waals surface area contributed by atoms with Crippen LogP contribution in [0.5, 0.6) is 0 Å². The Morgan fingerprint density at radius 3 is 2.62 bits per heavy atom. The van der Waals surface area contributed by atoms with E-state index in [2.05, 4.69) is 5.32 Å². The summed E-state index contributed by atoms with van der Waals surface area (Å²) in [6.45, 7) is 1.71. The second-order valence-electron chi connectivity index (χ2n) is 7.29.